The van der Waals surface area contributed by atoms with Gasteiger partial charge >= 0.3 is 29.5 Å². The number of nitrogens with zero attached hydrogens (tertiary/aromatic N) is 2. The Balaban J connectivity index is 1.61. The molecule has 1 saturated heterocycles. The van der Waals surface area contributed by atoms with Gasteiger partial charge in [-0.2, -0.15) is 8.62 Å². The number of rotatable bonds is 11. The molecule has 1 aromatic carbocycles. The number of urea groups is 1. The van der Waals surface area contributed by atoms with Gasteiger partial charge in [-0.15, -0.1) is 0 Å². The Bertz CT molecular complexity index is 1260. The van der Waals surface area contributed by atoms with Crippen molar-refractivity contribution in [1.82, 2.24) is 10.2 Å². The van der Waals surface area contributed by atoms with E-state index in [1.54, 1.807) is 6.07 Å². The maximum atomic E-state index is 12.7. The van der Waals surface area contributed by atoms with Crippen LogP contribution in [0.25, 0.3) is 0 Å². The van der Waals surface area contributed by atoms with Gasteiger partial charge in [-0.1, -0.05) is 18.2 Å². The number of aliphatic hydroxyl groups is 1. The third kappa shape index (κ3) is 8.21. The lowest BCUT2D eigenvalue weighted by atomic mass is 9.97. The molecule has 0 spiro atoms. The molecule has 19 nitrogen and oxygen atoms in total. The van der Waals surface area contributed by atoms with Crippen molar-refractivity contribution < 1.29 is 66.0 Å². The third-order valence-electron chi connectivity index (χ3n) is 5.11. The van der Waals surface area contributed by atoms with Crippen LogP contribution < -0.4 is 11.1 Å². The number of ether oxygens (including phenoxy) is 1. The van der Waals surface area contributed by atoms with Gasteiger partial charge in [0.15, 0.2) is 0 Å². The fourth-order valence-corrected chi connectivity index (χ4v) is 6.61. The highest BCUT2D eigenvalue weighted by Gasteiger charge is 2.45. The van der Waals surface area contributed by atoms with Crippen LogP contribution >= 0.6 is 23.5 Å². The van der Waals surface area contributed by atoms with Crippen LogP contribution in [0.4, 0.5) is 10.5 Å². The van der Waals surface area contributed by atoms with Crippen molar-refractivity contribution in [2.24, 2.45) is 5.73 Å². The lowest BCUT2D eigenvalue weighted by Crippen LogP contribution is -2.62. The molecule has 2 amide bonds. The van der Waals surface area contributed by atoms with Gasteiger partial charge in [0.2, 0.25) is 0 Å². The largest absolute Gasteiger partial charge is 0.490 e. The van der Waals surface area contributed by atoms with E-state index >= 15 is 0 Å². The summed E-state index contributed by atoms with van der Waals surface area (Å²) in [6.45, 7) is -0.918. The molecule has 0 saturated carbocycles. The van der Waals surface area contributed by atoms with Gasteiger partial charge in [0, 0.05) is 30.7 Å². The summed E-state index contributed by atoms with van der Waals surface area (Å²) in [7, 11) is -16.7. The highest BCUT2D eigenvalue weighted by Crippen LogP contribution is 2.66. The fourth-order valence-electron chi connectivity index (χ4n) is 3.58. The van der Waals surface area contributed by atoms with E-state index < -0.39 is 65.1 Å². The summed E-state index contributed by atoms with van der Waals surface area (Å²) in [5.74, 6) is 0. The topological polar surface area (TPSA) is 291 Å². The van der Waals surface area contributed by atoms with Gasteiger partial charge in [0.1, 0.15) is 18.0 Å². The second-order valence-electron chi connectivity index (χ2n) is 8.08. The van der Waals surface area contributed by atoms with Crippen molar-refractivity contribution in [1.29, 1.82) is 0 Å². The first-order valence-electron chi connectivity index (χ1n) is 10.3. The molecule has 0 bridgehead atoms. The second-order valence-corrected chi connectivity index (χ2v) is 12.5. The van der Waals surface area contributed by atoms with E-state index in [1.807, 2.05) is 0 Å². The fraction of sp³-hybridized carbons (Fsp3) is 0.438. The molecular formula is C16H23N4O15P3. The summed E-state index contributed by atoms with van der Waals surface area (Å²) in [6.07, 6.45) is -1.63. The number of hydrogen-bond donors (Lipinski definition) is 7. The molecular weight excluding hydrogens is 581 g/mol. The molecule has 0 aliphatic carbocycles. The Labute approximate surface area is 213 Å². The third-order valence-corrected chi connectivity index (χ3v) is 8.91. The van der Waals surface area contributed by atoms with E-state index in [-0.39, 0.29) is 24.1 Å². The van der Waals surface area contributed by atoms with E-state index in [0.717, 1.165) is 4.90 Å². The number of amides is 2. The van der Waals surface area contributed by atoms with E-state index in [0.29, 0.717) is 0 Å². The number of para-hydroxylation sites is 1. The van der Waals surface area contributed by atoms with Crippen LogP contribution in [-0.2, 0) is 38.0 Å². The van der Waals surface area contributed by atoms with Gasteiger partial charge in [0.25, 0.3) is 5.69 Å². The molecule has 2 aliphatic rings. The molecule has 212 valence electrons. The Morgan fingerprint density at radius 2 is 1.84 bits per heavy atom. The minimum atomic E-state index is -5.73. The van der Waals surface area contributed by atoms with Crippen LogP contribution in [0, 0.1) is 10.1 Å². The molecule has 1 fully saturated rings. The molecule has 8 N–H and O–H groups in total. The molecule has 6 atom stereocenters. The van der Waals surface area contributed by atoms with Gasteiger partial charge in [-0.05, 0) is 6.08 Å². The van der Waals surface area contributed by atoms with Crippen molar-refractivity contribution in [3.05, 3.63) is 52.2 Å². The molecule has 2 heterocycles. The van der Waals surface area contributed by atoms with E-state index in [4.69, 9.17) is 20.3 Å². The predicted octanol–water partition coefficient (Wildman–Crippen LogP) is 0.150. The number of hydrogen-bond acceptors (Lipinski definition) is 12. The average Bonchev–Trinajstić information content (AvgIpc) is 3.10. The normalized spacial score (nSPS) is 28.9. The first-order chi connectivity index (χ1) is 17.4. The number of nitrogens with two attached hydrogens (primary N) is 1. The first-order valence-corrected chi connectivity index (χ1v) is 14.8. The van der Waals surface area contributed by atoms with Crippen molar-refractivity contribution >= 4 is 35.2 Å². The Kier molecular flexibility index (Phi) is 8.97. The van der Waals surface area contributed by atoms with Crippen molar-refractivity contribution in [3.8, 4) is 0 Å². The minimum absolute atomic E-state index is 0.128. The lowest BCUT2D eigenvalue weighted by Gasteiger charge is -2.37. The van der Waals surface area contributed by atoms with Gasteiger partial charge in [-0.25, -0.2) is 18.5 Å². The number of phosphoric acid groups is 3. The molecule has 3 rings (SSSR count). The lowest BCUT2D eigenvalue weighted by molar-refractivity contribution is -0.385. The number of aliphatic hydroxyl groups excluding tert-OH is 1. The number of carbonyl (C=O) groups excluding carboxylic acids is 1. The van der Waals surface area contributed by atoms with Crippen LogP contribution in [0.15, 0.2) is 36.5 Å². The summed E-state index contributed by atoms with van der Waals surface area (Å²) >= 11 is 0. The Morgan fingerprint density at radius 3 is 2.45 bits per heavy atom. The average molecular weight is 604 g/mol. The standard InChI is InChI=1S/C16H23N4O15P3/c17-16(8-10-3-1-2-4-11(10)20(23)24)5-6-19(15(22)18-16)14-7-12(21)13(33-14)9-32-37(28,29)35-38(30,31)34-36(25,26)27/h1-6,12-14,21H,7-9,17H2,(H,18,22)(H,28,29)(H,30,31)(H2,25,26,27)/t12-,13+,14+,16?/m0/s1. The van der Waals surface area contributed by atoms with Crippen molar-refractivity contribution in [2.75, 3.05) is 6.61 Å². The number of carbonyl (C=O) groups is 1. The molecule has 2 aliphatic heterocycles. The number of phosphoric ester groups is 1. The summed E-state index contributed by atoms with van der Waals surface area (Å²) < 4.78 is 51.0. The SMILES string of the molecule is NC1(Cc2ccccc2[N+](=O)[O-])C=CN([C@H]2C[C@H](O)[C@@H](COP(=O)(O)OP(=O)(O)OP(=O)(O)O)O2)C(=O)N1. The zero-order chi connectivity index (χ0) is 28.5. The zero-order valence-electron chi connectivity index (χ0n) is 18.9. The van der Waals surface area contributed by atoms with Gasteiger partial charge < -0.3 is 40.5 Å². The van der Waals surface area contributed by atoms with Crippen LogP contribution in [-0.4, -0.2) is 71.2 Å². The van der Waals surface area contributed by atoms with Gasteiger partial charge in [-0.3, -0.25) is 19.5 Å². The summed E-state index contributed by atoms with van der Waals surface area (Å²) in [5, 5.41) is 24.0. The summed E-state index contributed by atoms with van der Waals surface area (Å²) in [5.41, 5.74) is 4.76. The predicted molar refractivity (Wildman–Crippen MR) is 122 cm³/mol. The number of nitro groups is 1. The quantitative estimate of drug-likeness (QED) is 0.100. The smallest absolute Gasteiger partial charge is 0.390 e. The number of benzene rings is 1. The van der Waals surface area contributed by atoms with Crippen LogP contribution in [0.5, 0.6) is 0 Å². The van der Waals surface area contributed by atoms with Crippen LogP contribution in [0.2, 0.25) is 0 Å². The minimum Gasteiger partial charge on any atom is -0.390 e. The van der Waals surface area contributed by atoms with E-state index in [1.165, 1.54) is 30.5 Å². The molecule has 3 unspecified atom stereocenters. The Hall–Kier alpha value is -2.08. The molecule has 22 heteroatoms. The van der Waals surface area contributed by atoms with Crippen LogP contribution in [0.1, 0.15) is 12.0 Å². The maximum Gasteiger partial charge on any atom is 0.490 e. The van der Waals surface area contributed by atoms with Crippen molar-refractivity contribution in [3.63, 3.8) is 0 Å². The number of nitrogens with one attached hydrogen (secondary N) is 1. The zero-order valence-corrected chi connectivity index (χ0v) is 21.6. The van der Waals surface area contributed by atoms with Crippen LogP contribution in [0.3, 0.4) is 0 Å². The molecule has 38 heavy (non-hydrogen) atoms. The molecule has 1 aromatic rings. The van der Waals surface area contributed by atoms with E-state index in [9.17, 15) is 43.5 Å². The maximum absolute atomic E-state index is 12.7. The highest BCUT2D eigenvalue weighted by molar-refractivity contribution is 7.66. The highest BCUT2D eigenvalue weighted by atomic mass is 31.3. The second kappa shape index (κ2) is 11.2. The van der Waals surface area contributed by atoms with E-state index in [2.05, 4.69) is 18.5 Å². The molecule has 0 aromatic heterocycles. The van der Waals surface area contributed by atoms with Gasteiger partial charge in [0.05, 0.1) is 17.6 Å². The summed E-state index contributed by atoms with van der Waals surface area (Å²) in [4.78, 5) is 60.2. The van der Waals surface area contributed by atoms with Crippen molar-refractivity contribution in [2.45, 2.75) is 36.9 Å². The Morgan fingerprint density at radius 1 is 1.18 bits per heavy atom. The molecule has 0 radical (unpaired) electrons. The number of nitro benzene ring substituents is 1. The first kappa shape index (κ1) is 30.5. The monoisotopic (exact) mass is 604 g/mol. The summed E-state index contributed by atoms with van der Waals surface area (Å²) in [6, 6.07) is 5.03.